The van der Waals surface area contributed by atoms with E-state index in [1.54, 1.807) is 12.1 Å². The molecule has 5 N–H and O–H groups in total. The topological polar surface area (TPSA) is 96.2 Å². The van der Waals surface area contributed by atoms with Crippen LogP contribution in [0.3, 0.4) is 0 Å². The Balaban J connectivity index is 2.27. The number of nitrogens with one attached hydrogen (secondary N) is 3. The number of hydrogen-bond donors (Lipinski definition) is 4. The van der Waals surface area contributed by atoms with Crippen molar-refractivity contribution in [2.45, 2.75) is 32.7 Å². The van der Waals surface area contributed by atoms with Gasteiger partial charge in [-0.15, -0.1) is 0 Å². The number of amides is 4. The molecule has 0 aromatic heterocycles. The van der Waals surface area contributed by atoms with E-state index >= 15 is 0 Å². The van der Waals surface area contributed by atoms with Crippen molar-refractivity contribution in [2.75, 3.05) is 11.9 Å². The Morgan fingerprint density at radius 1 is 1.10 bits per heavy atom. The van der Waals surface area contributed by atoms with Gasteiger partial charge in [0, 0.05) is 18.8 Å². The van der Waals surface area contributed by atoms with E-state index in [1.807, 2.05) is 12.1 Å². The number of carbonyl (C=O) groups excluding carboxylic acids is 2. The van der Waals surface area contributed by atoms with Crippen LogP contribution in [-0.2, 0) is 6.54 Å². The van der Waals surface area contributed by atoms with Crippen molar-refractivity contribution >= 4 is 17.7 Å². The molecule has 0 aliphatic heterocycles. The Morgan fingerprint density at radius 3 is 2.40 bits per heavy atom. The van der Waals surface area contributed by atoms with Crippen molar-refractivity contribution in [1.29, 1.82) is 0 Å². The van der Waals surface area contributed by atoms with Gasteiger partial charge in [0.1, 0.15) is 0 Å². The molecule has 6 nitrogen and oxygen atoms in total. The Labute approximate surface area is 119 Å². The number of urea groups is 2. The highest BCUT2D eigenvalue weighted by Crippen LogP contribution is 2.08. The molecule has 0 saturated heterocycles. The minimum absolute atomic E-state index is 0.166. The smallest absolute Gasteiger partial charge is 0.316 e. The molecular weight excluding hydrogens is 256 g/mol. The van der Waals surface area contributed by atoms with E-state index in [4.69, 9.17) is 5.73 Å². The third kappa shape index (κ3) is 6.63. The van der Waals surface area contributed by atoms with Crippen LogP contribution in [0, 0.1) is 0 Å². The second-order valence-electron chi connectivity index (χ2n) is 4.50. The SMILES string of the molecule is CCCCCNC(=O)NCc1ccc(NC(N)=O)cc1. The van der Waals surface area contributed by atoms with E-state index in [0.29, 0.717) is 18.8 Å². The molecule has 0 atom stereocenters. The summed E-state index contributed by atoms with van der Waals surface area (Å²) in [6.45, 7) is 3.26. The number of unbranched alkanes of at least 4 members (excludes halogenated alkanes) is 2. The summed E-state index contributed by atoms with van der Waals surface area (Å²) >= 11 is 0. The minimum Gasteiger partial charge on any atom is -0.351 e. The van der Waals surface area contributed by atoms with Gasteiger partial charge in [0.05, 0.1) is 0 Å². The second-order valence-corrected chi connectivity index (χ2v) is 4.50. The van der Waals surface area contributed by atoms with Crippen molar-refractivity contribution in [1.82, 2.24) is 10.6 Å². The van der Waals surface area contributed by atoms with Gasteiger partial charge in [-0.1, -0.05) is 31.9 Å². The monoisotopic (exact) mass is 278 g/mol. The molecule has 0 heterocycles. The lowest BCUT2D eigenvalue weighted by Gasteiger charge is -2.08. The first-order valence-corrected chi connectivity index (χ1v) is 6.79. The Bertz CT molecular complexity index is 431. The van der Waals surface area contributed by atoms with Gasteiger partial charge in [-0.25, -0.2) is 9.59 Å². The predicted molar refractivity (Wildman–Crippen MR) is 79.4 cm³/mol. The van der Waals surface area contributed by atoms with Crippen LogP contribution in [0.1, 0.15) is 31.7 Å². The molecule has 1 aromatic carbocycles. The van der Waals surface area contributed by atoms with E-state index in [1.165, 1.54) is 0 Å². The highest BCUT2D eigenvalue weighted by Gasteiger charge is 2.00. The van der Waals surface area contributed by atoms with Gasteiger partial charge in [-0.3, -0.25) is 0 Å². The van der Waals surface area contributed by atoms with E-state index < -0.39 is 6.03 Å². The summed E-state index contributed by atoms with van der Waals surface area (Å²) in [6.07, 6.45) is 3.25. The van der Waals surface area contributed by atoms with Crippen molar-refractivity contribution in [3.63, 3.8) is 0 Å². The fourth-order valence-corrected chi connectivity index (χ4v) is 1.67. The van der Waals surface area contributed by atoms with Crippen molar-refractivity contribution in [2.24, 2.45) is 5.73 Å². The van der Waals surface area contributed by atoms with E-state index in [0.717, 1.165) is 24.8 Å². The lowest BCUT2D eigenvalue weighted by atomic mass is 10.2. The number of nitrogens with two attached hydrogens (primary N) is 1. The normalized spacial score (nSPS) is 9.85. The standard InChI is InChI=1S/C14H22N4O2/c1-2-3-4-9-16-14(20)17-10-11-5-7-12(8-6-11)18-13(15)19/h5-8H,2-4,9-10H2,1H3,(H3,15,18,19)(H2,16,17,20). The number of hydrogen-bond acceptors (Lipinski definition) is 2. The Morgan fingerprint density at radius 2 is 1.80 bits per heavy atom. The van der Waals surface area contributed by atoms with Crippen molar-refractivity contribution in [3.05, 3.63) is 29.8 Å². The first-order chi connectivity index (χ1) is 9.61. The van der Waals surface area contributed by atoms with Gasteiger partial charge in [0.2, 0.25) is 0 Å². The van der Waals surface area contributed by atoms with Gasteiger partial charge >= 0.3 is 12.1 Å². The quantitative estimate of drug-likeness (QED) is 0.575. The summed E-state index contributed by atoms with van der Waals surface area (Å²) in [5.74, 6) is 0. The molecule has 110 valence electrons. The predicted octanol–water partition coefficient (Wildman–Crippen LogP) is 2.17. The first kappa shape index (κ1) is 15.8. The average molecular weight is 278 g/mol. The average Bonchev–Trinajstić information content (AvgIpc) is 2.42. The molecule has 1 rings (SSSR count). The molecule has 6 heteroatoms. The fraction of sp³-hybridized carbons (Fsp3) is 0.429. The van der Waals surface area contributed by atoms with Crippen LogP contribution in [0.15, 0.2) is 24.3 Å². The van der Waals surface area contributed by atoms with Crippen molar-refractivity contribution in [3.8, 4) is 0 Å². The summed E-state index contributed by atoms with van der Waals surface area (Å²) in [4.78, 5) is 22.2. The molecule has 4 amide bonds. The number of rotatable bonds is 7. The van der Waals surface area contributed by atoms with Gasteiger partial charge < -0.3 is 21.7 Å². The summed E-state index contributed by atoms with van der Waals surface area (Å²) in [5.41, 5.74) is 6.59. The van der Waals surface area contributed by atoms with Crippen molar-refractivity contribution < 1.29 is 9.59 Å². The zero-order valence-corrected chi connectivity index (χ0v) is 11.7. The highest BCUT2D eigenvalue weighted by molar-refractivity contribution is 5.87. The van der Waals surface area contributed by atoms with Crippen LogP contribution >= 0.6 is 0 Å². The first-order valence-electron chi connectivity index (χ1n) is 6.79. The third-order valence-corrected chi connectivity index (χ3v) is 2.74. The fourth-order valence-electron chi connectivity index (χ4n) is 1.67. The molecular formula is C14H22N4O2. The molecule has 0 bridgehead atoms. The number of carbonyl (C=O) groups is 2. The zero-order chi connectivity index (χ0) is 14.8. The summed E-state index contributed by atoms with van der Waals surface area (Å²) in [7, 11) is 0. The van der Waals surface area contributed by atoms with Gasteiger partial charge in [-0.05, 0) is 24.1 Å². The van der Waals surface area contributed by atoms with Crippen LogP contribution in [0.25, 0.3) is 0 Å². The maximum atomic E-state index is 11.5. The maximum absolute atomic E-state index is 11.5. The van der Waals surface area contributed by atoms with Crippen LogP contribution < -0.4 is 21.7 Å². The van der Waals surface area contributed by atoms with Crippen LogP contribution in [0.4, 0.5) is 15.3 Å². The summed E-state index contributed by atoms with van der Waals surface area (Å²) < 4.78 is 0. The van der Waals surface area contributed by atoms with Gasteiger partial charge in [-0.2, -0.15) is 0 Å². The van der Waals surface area contributed by atoms with Gasteiger partial charge in [0.25, 0.3) is 0 Å². The third-order valence-electron chi connectivity index (χ3n) is 2.74. The molecule has 0 aliphatic carbocycles. The summed E-state index contributed by atoms with van der Waals surface area (Å²) in [6, 6.07) is 6.36. The molecule has 0 spiro atoms. The minimum atomic E-state index is -0.595. The molecule has 0 saturated carbocycles. The Hall–Kier alpha value is -2.24. The van der Waals surface area contributed by atoms with Gasteiger partial charge in [0.15, 0.2) is 0 Å². The molecule has 20 heavy (non-hydrogen) atoms. The number of anilines is 1. The van der Waals surface area contributed by atoms with E-state index in [9.17, 15) is 9.59 Å². The number of primary amides is 1. The Kier molecular flexibility index (Phi) is 6.95. The molecule has 0 radical (unpaired) electrons. The molecule has 0 unspecified atom stereocenters. The lowest BCUT2D eigenvalue weighted by molar-refractivity contribution is 0.240. The summed E-state index contributed by atoms with van der Waals surface area (Å²) in [5, 5.41) is 8.05. The van der Waals surface area contributed by atoms with Crippen LogP contribution in [0.5, 0.6) is 0 Å². The molecule has 0 fully saturated rings. The van der Waals surface area contributed by atoms with Crippen LogP contribution in [0.2, 0.25) is 0 Å². The molecule has 1 aromatic rings. The van der Waals surface area contributed by atoms with Crippen LogP contribution in [-0.4, -0.2) is 18.6 Å². The number of benzene rings is 1. The van der Waals surface area contributed by atoms with E-state index in [-0.39, 0.29) is 6.03 Å². The second kappa shape index (κ2) is 8.79. The zero-order valence-electron chi connectivity index (χ0n) is 11.7. The largest absolute Gasteiger partial charge is 0.351 e. The van der Waals surface area contributed by atoms with E-state index in [2.05, 4.69) is 22.9 Å². The highest BCUT2D eigenvalue weighted by atomic mass is 16.2. The maximum Gasteiger partial charge on any atom is 0.316 e. The molecule has 0 aliphatic rings. The lowest BCUT2D eigenvalue weighted by Crippen LogP contribution is -2.35.